The van der Waals surface area contributed by atoms with E-state index in [4.69, 9.17) is 16.6 Å². The Hall–Kier alpha value is -2.85. The van der Waals surface area contributed by atoms with Crippen LogP contribution >= 0.6 is 23.1 Å². The van der Waals surface area contributed by atoms with Gasteiger partial charge in [0.1, 0.15) is 5.82 Å². The van der Waals surface area contributed by atoms with Crippen LogP contribution in [0.5, 0.6) is 0 Å². The van der Waals surface area contributed by atoms with Crippen LogP contribution < -0.4 is 9.80 Å². The van der Waals surface area contributed by atoms with Crippen LogP contribution in [0.3, 0.4) is 0 Å². The van der Waals surface area contributed by atoms with Gasteiger partial charge in [-0.3, -0.25) is 4.79 Å². The number of hydrogen-bond acceptors (Lipinski definition) is 6. The number of halogens is 4. The summed E-state index contributed by atoms with van der Waals surface area (Å²) in [5.41, 5.74) is 0.938. The fraction of sp³-hybridized carbons (Fsp3) is 0.423. The summed E-state index contributed by atoms with van der Waals surface area (Å²) in [7, 11) is 0. The molecule has 0 unspecified atom stereocenters. The second kappa shape index (κ2) is 11.7. The fourth-order valence-electron chi connectivity index (χ4n) is 4.26. The molecule has 11 heteroatoms. The highest BCUT2D eigenvalue weighted by Crippen LogP contribution is 2.32. The number of benzene rings is 2. The molecule has 37 heavy (non-hydrogen) atoms. The molecule has 0 aliphatic carbocycles. The highest BCUT2D eigenvalue weighted by molar-refractivity contribution is 7.09. The van der Waals surface area contributed by atoms with Gasteiger partial charge in [0, 0.05) is 73.8 Å². The average molecular weight is 552 g/mol. The van der Waals surface area contributed by atoms with Crippen molar-refractivity contribution in [1.29, 1.82) is 0 Å². The third-order valence-corrected chi connectivity index (χ3v) is 7.38. The van der Waals surface area contributed by atoms with E-state index in [0.717, 1.165) is 22.6 Å². The van der Waals surface area contributed by atoms with Crippen molar-refractivity contribution in [2.45, 2.75) is 38.9 Å². The Bertz CT molecular complexity index is 1190. The van der Waals surface area contributed by atoms with Crippen molar-refractivity contribution < 1.29 is 18.0 Å². The van der Waals surface area contributed by atoms with Gasteiger partial charge in [-0.2, -0.15) is 17.5 Å². The Labute approximate surface area is 223 Å². The van der Waals surface area contributed by atoms with Gasteiger partial charge in [0.05, 0.1) is 5.56 Å². The maximum Gasteiger partial charge on any atom is 0.416 e. The van der Waals surface area contributed by atoms with Gasteiger partial charge >= 0.3 is 6.18 Å². The summed E-state index contributed by atoms with van der Waals surface area (Å²) in [6.07, 6.45) is -3.44. The lowest BCUT2D eigenvalue weighted by atomic mass is 10.1. The Morgan fingerprint density at radius 1 is 1.11 bits per heavy atom. The number of nitrogens with zero attached hydrogens (tertiary/aromatic N) is 5. The van der Waals surface area contributed by atoms with E-state index in [0.29, 0.717) is 56.3 Å². The molecule has 0 radical (unpaired) electrons. The molecule has 4 rings (SSSR count). The molecule has 1 aliphatic rings. The summed E-state index contributed by atoms with van der Waals surface area (Å²) in [6, 6.07) is 13.1. The van der Waals surface area contributed by atoms with Crippen molar-refractivity contribution in [2.24, 2.45) is 0 Å². The summed E-state index contributed by atoms with van der Waals surface area (Å²) in [5, 5.41) is 1.46. The molecule has 0 bridgehead atoms. The average Bonchev–Trinajstić information content (AvgIpc) is 3.33. The molecule has 1 amide bonds. The summed E-state index contributed by atoms with van der Waals surface area (Å²) in [5.74, 6) is 0.755. The third kappa shape index (κ3) is 7.13. The van der Waals surface area contributed by atoms with Crippen molar-refractivity contribution in [3.05, 3.63) is 70.5 Å². The molecule has 6 nitrogen and oxygen atoms in total. The number of carbonyl (C=O) groups is 1. The monoisotopic (exact) mass is 551 g/mol. The van der Waals surface area contributed by atoms with Gasteiger partial charge < -0.3 is 14.7 Å². The zero-order valence-corrected chi connectivity index (χ0v) is 22.3. The van der Waals surface area contributed by atoms with Gasteiger partial charge in [-0.05, 0) is 49.7 Å². The third-order valence-electron chi connectivity index (χ3n) is 6.34. The quantitative estimate of drug-likeness (QED) is 0.356. The number of rotatable bonds is 8. The molecule has 0 N–H and O–H groups in total. The SMILES string of the molecule is CC(C)N(CCC(=O)N1CCN(c2cccc(C(F)(F)F)c2)CC1)c1nc(Cc2ccc(Cl)cc2)ns1. The van der Waals surface area contributed by atoms with E-state index in [1.807, 2.05) is 29.2 Å². The second-order valence-corrected chi connectivity index (χ2v) is 10.4. The minimum atomic E-state index is -4.38. The Morgan fingerprint density at radius 3 is 2.46 bits per heavy atom. The summed E-state index contributed by atoms with van der Waals surface area (Å²) < 4.78 is 43.7. The highest BCUT2D eigenvalue weighted by Gasteiger charge is 2.31. The molecule has 1 aromatic heterocycles. The minimum Gasteiger partial charge on any atom is -0.368 e. The van der Waals surface area contributed by atoms with Crippen LogP contribution in [0.25, 0.3) is 0 Å². The molecular weight excluding hydrogens is 523 g/mol. The number of alkyl halides is 3. The number of hydrogen-bond donors (Lipinski definition) is 0. The summed E-state index contributed by atoms with van der Waals surface area (Å²) in [4.78, 5) is 23.4. The molecule has 1 saturated heterocycles. The van der Waals surface area contributed by atoms with Gasteiger partial charge in [-0.25, -0.2) is 4.98 Å². The minimum absolute atomic E-state index is 0.0280. The van der Waals surface area contributed by atoms with Crippen molar-refractivity contribution in [3.63, 3.8) is 0 Å². The number of anilines is 2. The number of carbonyl (C=O) groups excluding carboxylic acids is 1. The predicted octanol–water partition coefficient (Wildman–Crippen LogP) is 5.75. The van der Waals surface area contributed by atoms with Gasteiger partial charge in [0.15, 0.2) is 0 Å². The van der Waals surface area contributed by atoms with E-state index in [1.165, 1.54) is 23.7 Å². The molecule has 0 saturated carbocycles. The standard InChI is InChI=1S/C26H29ClF3N5OS/c1-18(2)35(25-31-23(32-37-25)16-19-6-8-21(27)9-7-19)11-10-24(36)34-14-12-33(13-15-34)22-5-3-4-20(17-22)26(28,29)30/h3-9,17-18H,10-16H2,1-2H3. The largest absolute Gasteiger partial charge is 0.416 e. The van der Waals surface area contributed by atoms with Crippen LogP contribution in [0, 0.1) is 0 Å². The number of amides is 1. The smallest absolute Gasteiger partial charge is 0.368 e. The Kier molecular flexibility index (Phi) is 8.59. The first-order valence-corrected chi connectivity index (χ1v) is 13.3. The van der Waals surface area contributed by atoms with Gasteiger partial charge in [-0.1, -0.05) is 29.8 Å². The van der Waals surface area contributed by atoms with E-state index in [2.05, 4.69) is 23.1 Å². The van der Waals surface area contributed by atoms with Crippen molar-refractivity contribution in [1.82, 2.24) is 14.3 Å². The van der Waals surface area contributed by atoms with Crippen LogP contribution in [0.4, 0.5) is 24.0 Å². The Balaban J connectivity index is 1.30. The first kappa shape index (κ1) is 27.2. The normalized spacial score (nSPS) is 14.4. The van der Waals surface area contributed by atoms with E-state index in [9.17, 15) is 18.0 Å². The van der Waals surface area contributed by atoms with Gasteiger partial charge in [0.25, 0.3) is 0 Å². The summed E-state index contributed by atoms with van der Waals surface area (Å²) in [6.45, 7) is 6.55. The molecule has 3 aromatic rings. The van der Waals surface area contributed by atoms with Gasteiger partial charge in [0.2, 0.25) is 11.0 Å². The van der Waals surface area contributed by atoms with Crippen LogP contribution in [-0.4, -0.2) is 58.9 Å². The number of piperazine rings is 1. The summed E-state index contributed by atoms with van der Waals surface area (Å²) >= 11 is 7.28. The van der Waals surface area contributed by atoms with E-state index in [1.54, 1.807) is 11.0 Å². The van der Waals surface area contributed by atoms with Crippen LogP contribution in [-0.2, 0) is 17.4 Å². The lowest BCUT2D eigenvalue weighted by Gasteiger charge is -2.37. The second-order valence-electron chi connectivity index (χ2n) is 9.25. The lowest BCUT2D eigenvalue weighted by Crippen LogP contribution is -2.49. The van der Waals surface area contributed by atoms with Crippen LogP contribution in [0.2, 0.25) is 5.02 Å². The van der Waals surface area contributed by atoms with E-state index < -0.39 is 11.7 Å². The van der Waals surface area contributed by atoms with Crippen LogP contribution in [0.15, 0.2) is 48.5 Å². The first-order valence-electron chi connectivity index (χ1n) is 12.1. The van der Waals surface area contributed by atoms with Crippen molar-refractivity contribution in [2.75, 3.05) is 42.5 Å². The number of aromatic nitrogens is 2. The topological polar surface area (TPSA) is 52.6 Å². The van der Waals surface area contributed by atoms with Crippen LogP contribution in [0.1, 0.15) is 37.2 Å². The Morgan fingerprint density at radius 2 is 1.81 bits per heavy atom. The molecule has 0 atom stereocenters. The van der Waals surface area contributed by atoms with Crippen molar-refractivity contribution >= 4 is 39.9 Å². The molecular formula is C26H29ClF3N5OS. The lowest BCUT2D eigenvalue weighted by molar-refractivity contribution is -0.137. The molecule has 1 aliphatic heterocycles. The molecule has 0 spiro atoms. The molecule has 2 aromatic carbocycles. The zero-order valence-electron chi connectivity index (χ0n) is 20.7. The zero-order chi connectivity index (χ0) is 26.6. The predicted molar refractivity (Wildman–Crippen MR) is 142 cm³/mol. The highest BCUT2D eigenvalue weighted by atomic mass is 35.5. The van der Waals surface area contributed by atoms with Crippen molar-refractivity contribution in [3.8, 4) is 0 Å². The fourth-order valence-corrected chi connectivity index (χ4v) is 5.23. The maximum absolute atomic E-state index is 13.1. The molecule has 1 fully saturated rings. The van der Waals surface area contributed by atoms with E-state index in [-0.39, 0.29) is 11.9 Å². The molecule has 198 valence electrons. The van der Waals surface area contributed by atoms with E-state index >= 15 is 0 Å². The first-order chi connectivity index (χ1) is 17.6. The molecule has 2 heterocycles. The maximum atomic E-state index is 13.1. The van der Waals surface area contributed by atoms with Gasteiger partial charge in [-0.15, -0.1) is 0 Å².